The second kappa shape index (κ2) is 9.27. The van der Waals surface area contributed by atoms with Crippen LogP contribution < -0.4 is 11.1 Å². The first kappa shape index (κ1) is 24.0. The molecular weight excluding hydrogens is 444 g/mol. The van der Waals surface area contributed by atoms with Crippen LogP contribution in [0.1, 0.15) is 51.1 Å². The summed E-state index contributed by atoms with van der Waals surface area (Å²) in [5.41, 5.74) is 4.21. The summed E-state index contributed by atoms with van der Waals surface area (Å²) in [7, 11) is 0. The number of nitrogens with two attached hydrogens (primary N) is 1. The Morgan fingerprint density at radius 3 is 2.76 bits per heavy atom. The molecule has 0 spiro atoms. The quantitative estimate of drug-likeness (QED) is 0.421. The monoisotopic (exact) mass is 472 g/mol. The molecule has 0 bridgehead atoms. The SMILES string of the molecule is CC(=O)Nc1ncnn2c([C@]3(C#N)O[C@H](COC(=O)CC4(N)CCCCC4)[C@@H](O)[C@H]3O)ccc12. The van der Waals surface area contributed by atoms with Crippen molar-refractivity contribution >= 4 is 23.2 Å². The number of aromatic nitrogens is 3. The van der Waals surface area contributed by atoms with Gasteiger partial charge in [-0.15, -0.1) is 0 Å². The van der Waals surface area contributed by atoms with Crippen molar-refractivity contribution in [2.24, 2.45) is 5.73 Å². The van der Waals surface area contributed by atoms with Crippen LogP contribution in [0.2, 0.25) is 0 Å². The van der Waals surface area contributed by atoms with Crippen LogP contribution in [0.15, 0.2) is 18.5 Å². The minimum Gasteiger partial charge on any atom is -0.463 e. The van der Waals surface area contributed by atoms with E-state index >= 15 is 0 Å². The average Bonchev–Trinajstić information content (AvgIpc) is 3.33. The van der Waals surface area contributed by atoms with Gasteiger partial charge in [-0.25, -0.2) is 9.50 Å². The van der Waals surface area contributed by atoms with Gasteiger partial charge in [0, 0.05) is 12.5 Å². The lowest BCUT2D eigenvalue weighted by Gasteiger charge is -2.32. The number of fused-ring (bicyclic) bond motifs is 1. The van der Waals surface area contributed by atoms with Gasteiger partial charge in [-0.3, -0.25) is 9.59 Å². The third-order valence-electron chi connectivity index (χ3n) is 6.51. The van der Waals surface area contributed by atoms with Crippen molar-refractivity contribution in [3.8, 4) is 6.07 Å². The highest BCUT2D eigenvalue weighted by molar-refractivity contribution is 5.91. The number of aliphatic hydroxyl groups is 2. The summed E-state index contributed by atoms with van der Waals surface area (Å²) >= 11 is 0. The molecular formula is C22H28N6O6. The Labute approximate surface area is 195 Å². The molecule has 0 unspecified atom stereocenters. The fourth-order valence-electron chi connectivity index (χ4n) is 4.74. The maximum atomic E-state index is 12.4. The molecule has 0 aromatic carbocycles. The molecule has 5 N–H and O–H groups in total. The van der Waals surface area contributed by atoms with E-state index in [-0.39, 0.29) is 30.4 Å². The van der Waals surface area contributed by atoms with E-state index in [0.717, 1.165) is 32.1 Å². The number of nitrogens with one attached hydrogen (secondary N) is 1. The molecule has 34 heavy (non-hydrogen) atoms. The maximum Gasteiger partial charge on any atom is 0.307 e. The van der Waals surface area contributed by atoms with Crippen molar-refractivity contribution in [1.29, 1.82) is 5.26 Å². The predicted molar refractivity (Wildman–Crippen MR) is 117 cm³/mol. The highest BCUT2D eigenvalue weighted by Gasteiger charge is 2.58. The van der Waals surface area contributed by atoms with E-state index in [1.165, 1.54) is 23.8 Å². The first-order chi connectivity index (χ1) is 16.2. The molecule has 4 atom stereocenters. The van der Waals surface area contributed by atoms with E-state index in [4.69, 9.17) is 15.2 Å². The smallest absolute Gasteiger partial charge is 0.307 e. The van der Waals surface area contributed by atoms with Gasteiger partial charge in [0.1, 0.15) is 42.8 Å². The van der Waals surface area contributed by atoms with Gasteiger partial charge in [-0.1, -0.05) is 19.3 Å². The summed E-state index contributed by atoms with van der Waals surface area (Å²) in [6.45, 7) is 0.970. The van der Waals surface area contributed by atoms with Gasteiger partial charge < -0.3 is 30.7 Å². The van der Waals surface area contributed by atoms with E-state index in [2.05, 4.69) is 15.4 Å². The third kappa shape index (κ3) is 4.35. The number of hydrogen-bond acceptors (Lipinski definition) is 10. The van der Waals surface area contributed by atoms with Crippen molar-refractivity contribution in [1.82, 2.24) is 14.6 Å². The number of hydrogen-bond donors (Lipinski definition) is 4. The fourth-order valence-corrected chi connectivity index (χ4v) is 4.74. The zero-order valence-electron chi connectivity index (χ0n) is 18.8. The van der Waals surface area contributed by atoms with Gasteiger partial charge in [0.2, 0.25) is 11.5 Å². The number of nitrogens with zero attached hydrogens (tertiary/aromatic N) is 4. The van der Waals surface area contributed by atoms with Gasteiger partial charge in [-0.2, -0.15) is 10.4 Å². The molecule has 1 aliphatic heterocycles. The Morgan fingerprint density at radius 1 is 1.35 bits per heavy atom. The number of ether oxygens (including phenoxy) is 2. The Balaban J connectivity index is 1.52. The molecule has 1 saturated carbocycles. The lowest BCUT2D eigenvalue weighted by Crippen LogP contribution is -2.44. The Morgan fingerprint density at radius 2 is 2.09 bits per heavy atom. The molecule has 2 aromatic heterocycles. The number of nitriles is 1. The summed E-state index contributed by atoms with van der Waals surface area (Å²) in [6, 6.07) is 4.99. The lowest BCUT2D eigenvalue weighted by molar-refractivity contribution is -0.152. The van der Waals surface area contributed by atoms with E-state index in [1.54, 1.807) is 6.07 Å². The lowest BCUT2D eigenvalue weighted by atomic mass is 9.80. The third-order valence-corrected chi connectivity index (χ3v) is 6.51. The molecule has 12 nitrogen and oxygen atoms in total. The Bertz CT molecular complexity index is 1120. The highest BCUT2D eigenvalue weighted by atomic mass is 16.6. The number of aliphatic hydroxyl groups excluding tert-OH is 2. The first-order valence-electron chi connectivity index (χ1n) is 11.2. The second-order valence-corrected chi connectivity index (χ2v) is 9.03. The molecule has 1 saturated heterocycles. The number of amides is 1. The van der Waals surface area contributed by atoms with Crippen LogP contribution in [-0.4, -0.2) is 67.1 Å². The predicted octanol–water partition coefficient (Wildman–Crippen LogP) is 0.122. The van der Waals surface area contributed by atoms with Crippen molar-refractivity contribution in [2.45, 2.75) is 74.9 Å². The van der Waals surface area contributed by atoms with Crippen LogP contribution in [0, 0.1) is 11.3 Å². The normalized spacial score (nSPS) is 28.4. The van der Waals surface area contributed by atoms with E-state index < -0.39 is 35.4 Å². The molecule has 12 heteroatoms. The van der Waals surface area contributed by atoms with Crippen molar-refractivity contribution in [3.63, 3.8) is 0 Å². The van der Waals surface area contributed by atoms with Crippen molar-refractivity contribution < 1.29 is 29.3 Å². The van der Waals surface area contributed by atoms with Gasteiger partial charge in [0.25, 0.3) is 0 Å². The van der Waals surface area contributed by atoms with Crippen LogP contribution in [0.5, 0.6) is 0 Å². The zero-order chi connectivity index (χ0) is 24.5. The summed E-state index contributed by atoms with van der Waals surface area (Å²) in [5, 5.41) is 38.1. The topological polar surface area (TPSA) is 185 Å². The van der Waals surface area contributed by atoms with E-state index in [1.807, 2.05) is 6.07 Å². The molecule has 2 aromatic rings. The summed E-state index contributed by atoms with van der Waals surface area (Å²) < 4.78 is 12.4. The maximum absolute atomic E-state index is 12.4. The van der Waals surface area contributed by atoms with Crippen molar-refractivity contribution in [2.75, 3.05) is 11.9 Å². The molecule has 1 aliphatic carbocycles. The molecule has 3 heterocycles. The van der Waals surface area contributed by atoms with Crippen LogP contribution in [-0.2, 0) is 24.7 Å². The average molecular weight is 473 g/mol. The molecule has 1 amide bonds. The molecule has 2 aliphatic rings. The molecule has 4 rings (SSSR count). The first-order valence-corrected chi connectivity index (χ1v) is 11.2. The van der Waals surface area contributed by atoms with Crippen LogP contribution in [0.4, 0.5) is 5.82 Å². The number of carbonyl (C=O) groups excluding carboxylic acids is 2. The number of rotatable bonds is 6. The van der Waals surface area contributed by atoms with Gasteiger partial charge in [0.05, 0.1) is 12.1 Å². The second-order valence-electron chi connectivity index (χ2n) is 9.03. The standard InChI is InChI=1S/C22H28N6O6/c1-13(29)27-20-14-5-6-16(28(14)26-12-25-20)22(11-23)19(32)18(31)15(34-22)10-33-17(30)9-21(24)7-3-2-4-8-21/h5-6,12,15,18-19,31-32H,2-4,7-10,24H2,1H3,(H,25,26,27,29)/t15-,18-,19-,22+/m1/s1. The Hall–Kier alpha value is -3.11. The number of anilines is 1. The zero-order valence-corrected chi connectivity index (χ0v) is 18.8. The number of carbonyl (C=O) groups is 2. The molecule has 182 valence electrons. The van der Waals surface area contributed by atoms with Crippen LogP contribution in [0.3, 0.4) is 0 Å². The highest BCUT2D eigenvalue weighted by Crippen LogP contribution is 2.40. The summed E-state index contributed by atoms with van der Waals surface area (Å²) in [6.07, 6.45) is 1.42. The van der Waals surface area contributed by atoms with Gasteiger partial charge in [0.15, 0.2) is 5.82 Å². The van der Waals surface area contributed by atoms with Crippen LogP contribution >= 0.6 is 0 Å². The minimum absolute atomic E-state index is 0.0496. The summed E-state index contributed by atoms with van der Waals surface area (Å²) in [5.74, 6) is -0.663. The summed E-state index contributed by atoms with van der Waals surface area (Å²) in [4.78, 5) is 27.9. The largest absolute Gasteiger partial charge is 0.463 e. The van der Waals surface area contributed by atoms with Crippen molar-refractivity contribution in [3.05, 3.63) is 24.2 Å². The minimum atomic E-state index is -2.00. The van der Waals surface area contributed by atoms with Gasteiger partial charge in [-0.05, 0) is 25.0 Å². The Kier molecular flexibility index (Phi) is 6.55. The van der Waals surface area contributed by atoms with E-state index in [0.29, 0.717) is 5.52 Å². The number of esters is 1. The van der Waals surface area contributed by atoms with E-state index in [9.17, 15) is 25.1 Å². The van der Waals surface area contributed by atoms with Crippen LogP contribution in [0.25, 0.3) is 5.52 Å². The molecule has 2 fully saturated rings. The van der Waals surface area contributed by atoms with Gasteiger partial charge >= 0.3 is 5.97 Å². The fraction of sp³-hybridized carbons (Fsp3) is 0.591. The molecule has 0 radical (unpaired) electrons.